The number of hydrogen-bond acceptors (Lipinski definition) is 1. The number of nitrogens with zero attached hydrogens (tertiary/aromatic N) is 1. The number of hydrogen-bond donors (Lipinski definition) is 2. The SMILES string of the molecule is Cc1cccc(CCN=C(N)Nc2ccc(C)c(C)c2)c1. The quantitative estimate of drug-likeness (QED) is 0.665. The van der Waals surface area contributed by atoms with E-state index in [1.807, 2.05) is 6.07 Å². The Bertz CT molecular complexity index is 645. The first-order chi connectivity index (χ1) is 10.0. The van der Waals surface area contributed by atoms with Gasteiger partial charge in [-0.2, -0.15) is 0 Å². The van der Waals surface area contributed by atoms with Crippen molar-refractivity contribution >= 4 is 11.6 Å². The van der Waals surface area contributed by atoms with Gasteiger partial charge in [0.05, 0.1) is 0 Å². The molecule has 2 aromatic carbocycles. The van der Waals surface area contributed by atoms with Crippen LogP contribution in [-0.4, -0.2) is 12.5 Å². The number of aryl methyl sites for hydroxylation is 3. The second kappa shape index (κ2) is 6.93. The van der Waals surface area contributed by atoms with Gasteiger partial charge in [0.1, 0.15) is 0 Å². The fraction of sp³-hybridized carbons (Fsp3) is 0.278. The maximum Gasteiger partial charge on any atom is 0.193 e. The summed E-state index contributed by atoms with van der Waals surface area (Å²) in [4.78, 5) is 4.38. The van der Waals surface area contributed by atoms with Gasteiger partial charge in [-0.25, -0.2) is 0 Å². The van der Waals surface area contributed by atoms with E-state index < -0.39 is 0 Å². The number of nitrogens with one attached hydrogen (secondary N) is 1. The van der Waals surface area contributed by atoms with E-state index in [1.54, 1.807) is 0 Å². The highest BCUT2D eigenvalue weighted by Gasteiger charge is 1.98. The molecule has 0 aliphatic carbocycles. The molecule has 0 aliphatic rings. The maximum atomic E-state index is 5.93. The molecule has 0 spiro atoms. The van der Waals surface area contributed by atoms with Crippen LogP contribution in [0.5, 0.6) is 0 Å². The highest BCUT2D eigenvalue weighted by Crippen LogP contribution is 2.13. The van der Waals surface area contributed by atoms with E-state index in [-0.39, 0.29) is 0 Å². The summed E-state index contributed by atoms with van der Waals surface area (Å²) in [5, 5.41) is 3.14. The van der Waals surface area contributed by atoms with Gasteiger partial charge in [-0.3, -0.25) is 4.99 Å². The summed E-state index contributed by atoms with van der Waals surface area (Å²) in [5.74, 6) is 0.464. The van der Waals surface area contributed by atoms with Crippen LogP contribution in [0.4, 0.5) is 5.69 Å². The number of anilines is 1. The minimum absolute atomic E-state index is 0.464. The van der Waals surface area contributed by atoms with Gasteiger partial charge < -0.3 is 11.1 Å². The number of aliphatic imine (C=N–C) groups is 1. The van der Waals surface area contributed by atoms with Crippen molar-refractivity contribution < 1.29 is 0 Å². The van der Waals surface area contributed by atoms with E-state index in [0.717, 1.165) is 12.1 Å². The molecule has 0 saturated carbocycles. The molecule has 0 atom stereocenters. The normalized spacial score (nSPS) is 11.5. The predicted molar refractivity (Wildman–Crippen MR) is 90.9 cm³/mol. The molecule has 2 aromatic rings. The van der Waals surface area contributed by atoms with Crippen LogP contribution in [0.15, 0.2) is 47.5 Å². The van der Waals surface area contributed by atoms with Gasteiger partial charge in [0.2, 0.25) is 0 Å². The highest BCUT2D eigenvalue weighted by atomic mass is 15.1. The molecule has 0 fully saturated rings. The van der Waals surface area contributed by atoms with Crippen molar-refractivity contribution in [3.63, 3.8) is 0 Å². The first-order valence-corrected chi connectivity index (χ1v) is 7.24. The maximum absolute atomic E-state index is 5.93. The van der Waals surface area contributed by atoms with E-state index in [9.17, 15) is 0 Å². The van der Waals surface area contributed by atoms with Crippen LogP contribution in [0.25, 0.3) is 0 Å². The number of rotatable bonds is 4. The fourth-order valence-corrected chi connectivity index (χ4v) is 2.18. The van der Waals surface area contributed by atoms with Gasteiger partial charge >= 0.3 is 0 Å². The van der Waals surface area contributed by atoms with Crippen LogP contribution in [-0.2, 0) is 6.42 Å². The van der Waals surface area contributed by atoms with E-state index >= 15 is 0 Å². The Morgan fingerprint density at radius 1 is 1.05 bits per heavy atom. The summed E-state index contributed by atoms with van der Waals surface area (Å²) in [7, 11) is 0. The zero-order valence-electron chi connectivity index (χ0n) is 13.0. The average Bonchev–Trinajstić information content (AvgIpc) is 2.43. The largest absolute Gasteiger partial charge is 0.370 e. The minimum atomic E-state index is 0.464. The third-order valence-electron chi connectivity index (χ3n) is 3.54. The molecule has 3 N–H and O–H groups in total. The molecule has 0 heterocycles. The first-order valence-electron chi connectivity index (χ1n) is 7.24. The third kappa shape index (κ3) is 4.63. The van der Waals surface area contributed by atoms with Gasteiger partial charge in [-0.05, 0) is 56.0 Å². The van der Waals surface area contributed by atoms with Gasteiger partial charge in [0.15, 0.2) is 5.96 Å². The monoisotopic (exact) mass is 281 g/mol. The lowest BCUT2D eigenvalue weighted by molar-refractivity contribution is 0.962. The topological polar surface area (TPSA) is 50.4 Å². The van der Waals surface area contributed by atoms with Crippen molar-refractivity contribution in [2.75, 3.05) is 11.9 Å². The number of nitrogens with two attached hydrogens (primary N) is 1. The Kier molecular flexibility index (Phi) is 4.99. The number of guanidine groups is 1. The summed E-state index contributed by atoms with van der Waals surface area (Å²) < 4.78 is 0. The third-order valence-corrected chi connectivity index (χ3v) is 3.54. The zero-order valence-corrected chi connectivity index (χ0v) is 13.0. The Balaban J connectivity index is 1.90. The molecular formula is C18H23N3. The predicted octanol–water partition coefficient (Wildman–Crippen LogP) is 3.58. The molecule has 0 aromatic heterocycles. The lowest BCUT2D eigenvalue weighted by Crippen LogP contribution is -2.23. The molecule has 110 valence electrons. The summed E-state index contributed by atoms with van der Waals surface area (Å²) in [6, 6.07) is 14.7. The average molecular weight is 281 g/mol. The Labute approximate surface area is 126 Å². The molecule has 0 bridgehead atoms. The summed E-state index contributed by atoms with van der Waals surface area (Å²) >= 11 is 0. The lowest BCUT2D eigenvalue weighted by atomic mass is 10.1. The molecule has 3 nitrogen and oxygen atoms in total. The van der Waals surface area contributed by atoms with Gasteiger partial charge in [0.25, 0.3) is 0 Å². The molecule has 2 rings (SSSR count). The van der Waals surface area contributed by atoms with Crippen LogP contribution in [0.1, 0.15) is 22.3 Å². The van der Waals surface area contributed by atoms with Gasteiger partial charge in [0, 0.05) is 12.2 Å². The van der Waals surface area contributed by atoms with E-state index in [1.165, 1.54) is 22.3 Å². The molecule has 3 heteroatoms. The summed E-state index contributed by atoms with van der Waals surface area (Å²) in [6.07, 6.45) is 0.900. The fourth-order valence-electron chi connectivity index (χ4n) is 2.18. The first kappa shape index (κ1) is 15.1. The van der Waals surface area contributed by atoms with Crippen molar-refractivity contribution in [1.29, 1.82) is 0 Å². The summed E-state index contributed by atoms with van der Waals surface area (Å²) in [6.45, 7) is 6.97. The Morgan fingerprint density at radius 2 is 1.86 bits per heavy atom. The van der Waals surface area contributed by atoms with Crippen LogP contribution in [0.3, 0.4) is 0 Å². The van der Waals surface area contributed by atoms with E-state index in [0.29, 0.717) is 12.5 Å². The second-order valence-electron chi connectivity index (χ2n) is 5.43. The highest BCUT2D eigenvalue weighted by molar-refractivity contribution is 5.92. The van der Waals surface area contributed by atoms with E-state index in [4.69, 9.17) is 5.73 Å². The molecule has 0 aliphatic heterocycles. The minimum Gasteiger partial charge on any atom is -0.370 e. The van der Waals surface area contributed by atoms with E-state index in [2.05, 4.69) is 67.5 Å². The summed E-state index contributed by atoms with van der Waals surface area (Å²) in [5.41, 5.74) is 12.0. The van der Waals surface area contributed by atoms with Crippen LogP contribution in [0, 0.1) is 20.8 Å². The molecule has 0 unspecified atom stereocenters. The molecule has 0 radical (unpaired) electrons. The van der Waals surface area contributed by atoms with Crippen LogP contribution < -0.4 is 11.1 Å². The van der Waals surface area contributed by atoms with Gasteiger partial charge in [-0.15, -0.1) is 0 Å². The van der Waals surface area contributed by atoms with Crippen molar-refractivity contribution in [2.45, 2.75) is 27.2 Å². The molecule has 21 heavy (non-hydrogen) atoms. The standard InChI is InChI=1S/C18H23N3/c1-13-5-4-6-16(11-13)9-10-20-18(19)21-17-8-7-14(2)15(3)12-17/h4-8,11-12H,9-10H2,1-3H3,(H3,19,20,21). The van der Waals surface area contributed by atoms with Crippen LogP contribution in [0.2, 0.25) is 0 Å². The smallest absolute Gasteiger partial charge is 0.193 e. The second-order valence-corrected chi connectivity index (χ2v) is 5.43. The van der Waals surface area contributed by atoms with Gasteiger partial charge in [-0.1, -0.05) is 35.9 Å². The number of benzene rings is 2. The Hall–Kier alpha value is -2.29. The molecule has 0 amide bonds. The van der Waals surface area contributed by atoms with Crippen molar-refractivity contribution in [3.05, 3.63) is 64.7 Å². The Morgan fingerprint density at radius 3 is 2.57 bits per heavy atom. The lowest BCUT2D eigenvalue weighted by Gasteiger charge is -2.08. The molecule has 0 saturated heterocycles. The van der Waals surface area contributed by atoms with Crippen molar-refractivity contribution in [2.24, 2.45) is 10.7 Å². The van der Waals surface area contributed by atoms with Crippen LogP contribution >= 0.6 is 0 Å². The zero-order chi connectivity index (χ0) is 15.2. The molecular weight excluding hydrogens is 258 g/mol. The van der Waals surface area contributed by atoms with Crippen molar-refractivity contribution in [1.82, 2.24) is 0 Å². The van der Waals surface area contributed by atoms with Crippen molar-refractivity contribution in [3.8, 4) is 0 Å².